The molecule has 1 heterocycles. The first-order valence-corrected chi connectivity index (χ1v) is 6.84. The van der Waals surface area contributed by atoms with Crippen molar-refractivity contribution in [2.75, 3.05) is 31.5 Å². The van der Waals surface area contributed by atoms with Gasteiger partial charge in [-0.2, -0.15) is 0 Å². The lowest BCUT2D eigenvalue weighted by Crippen LogP contribution is -2.32. The van der Waals surface area contributed by atoms with E-state index in [1.165, 1.54) is 0 Å². The first kappa shape index (κ1) is 12.8. The summed E-state index contributed by atoms with van der Waals surface area (Å²) in [5, 5.41) is 6.81. The van der Waals surface area contributed by atoms with E-state index in [2.05, 4.69) is 33.2 Å². The van der Waals surface area contributed by atoms with Crippen LogP contribution in [-0.2, 0) is 0 Å². The Kier molecular flexibility index (Phi) is 4.33. The van der Waals surface area contributed by atoms with Crippen molar-refractivity contribution in [1.29, 1.82) is 0 Å². The van der Waals surface area contributed by atoms with Crippen molar-refractivity contribution in [3.8, 4) is 0 Å². The molecule has 4 nitrogen and oxygen atoms in total. The van der Waals surface area contributed by atoms with Gasteiger partial charge in [0, 0.05) is 40.5 Å². The summed E-state index contributed by atoms with van der Waals surface area (Å²) in [6.45, 7) is 2.99. The highest BCUT2D eigenvalue weighted by molar-refractivity contribution is 14.1. The molecule has 1 fully saturated rings. The molecular weight excluding hydrogens is 352 g/mol. The molecule has 2 amide bonds. The molecule has 0 unspecified atom stereocenters. The Morgan fingerprint density at radius 2 is 2.35 bits per heavy atom. The van der Waals surface area contributed by atoms with Gasteiger partial charge >= 0.3 is 6.03 Å². The van der Waals surface area contributed by atoms with E-state index in [1.54, 1.807) is 4.90 Å². The number of urea groups is 1. The minimum Gasteiger partial charge on any atom is -0.382 e. The van der Waals surface area contributed by atoms with Gasteiger partial charge in [0.2, 0.25) is 0 Å². The zero-order valence-corrected chi connectivity index (χ0v) is 12.1. The van der Waals surface area contributed by atoms with Gasteiger partial charge in [-0.25, -0.2) is 4.79 Å². The Bertz CT molecular complexity index is 427. The number of carbonyl (C=O) groups excluding carboxylic acids is 1. The van der Waals surface area contributed by atoms with Crippen LogP contribution in [0.25, 0.3) is 0 Å². The monoisotopic (exact) mass is 365 g/mol. The number of hydrogen-bond donors (Lipinski definition) is 2. The molecule has 92 valence electrons. The minimum atomic E-state index is 0.0256. The Morgan fingerprint density at radius 1 is 1.53 bits per heavy atom. The average Bonchev–Trinajstić information content (AvgIpc) is 2.68. The van der Waals surface area contributed by atoms with Crippen LogP contribution in [0.15, 0.2) is 18.2 Å². The zero-order valence-electron chi connectivity index (χ0n) is 9.17. The molecule has 0 atom stereocenters. The summed E-state index contributed by atoms with van der Waals surface area (Å²) < 4.78 is 1.08. The molecule has 0 aromatic heterocycles. The quantitative estimate of drug-likeness (QED) is 0.805. The molecule has 1 aliphatic heterocycles. The van der Waals surface area contributed by atoms with Gasteiger partial charge in [0.25, 0.3) is 0 Å². The maximum Gasteiger partial charge on any atom is 0.317 e. The number of amides is 2. The molecule has 1 saturated heterocycles. The van der Waals surface area contributed by atoms with Crippen LogP contribution in [-0.4, -0.2) is 37.1 Å². The Hall–Kier alpha value is -0.690. The summed E-state index contributed by atoms with van der Waals surface area (Å²) in [6, 6.07) is 5.74. The summed E-state index contributed by atoms with van der Waals surface area (Å²) in [4.78, 5) is 13.1. The number of halogens is 2. The van der Waals surface area contributed by atoms with E-state index < -0.39 is 0 Å². The van der Waals surface area contributed by atoms with E-state index in [0.717, 1.165) is 33.9 Å². The molecule has 2 N–H and O–H groups in total. The average molecular weight is 366 g/mol. The summed E-state index contributed by atoms with van der Waals surface area (Å²) in [7, 11) is 0. The molecule has 6 heteroatoms. The smallest absolute Gasteiger partial charge is 0.317 e. The van der Waals surface area contributed by atoms with Crippen LogP contribution in [0.1, 0.15) is 0 Å². The van der Waals surface area contributed by atoms with Crippen molar-refractivity contribution in [2.45, 2.75) is 0 Å². The van der Waals surface area contributed by atoms with E-state index in [-0.39, 0.29) is 6.03 Å². The van der Waals surface area contributed by atoms with Gasteiger partial charge in [-0.05, 0) is 40.8 Å². The van der Waals surface area contributed by atoms with Gasteiger partial charge in [0.15, 0.2) is 0 Å². The molecule has 1 aromatic rings. The van der Waals surface area contributed by atoms with Crippen LogP contribution in [0, 0.1) is 3.57 Å². The van der Waals surface area contributed by atoms with E-state index in [9.17, 15) is 4.79 Å². The van der Waals surface area contributed by atoms with E-state index in [1.807, 2.05) is 18.2 Å². The third kappa shape index (κ3) is 3.38. The van der Waals surface area contributed by atoms with Crippen molar-refractivity contribution >= 4 is 45.9 Å². The van der Waals surface area contributed by atoms with Crippen molar-refractivity contribution < 1.29 is 4.79 Å². The predicted molar refractivity (Wildman–Crippen MR) is 77.6 cm³/mol. The van der Waals surface area contributed by atoms with E-state index in [0.29, 0.717) is 6.54 Å². The second kappa shape index (κ2) is 5.77. The molecular formula is C11H13ClIN3O. The van der Waals surface area contributed by atoms with Gasteiger partial charge < -0.3 is 15.5 Å². The van der Waals surface area contributed by atoms with Gasteiger partial charge in [0.1, 0.15) is 0 Å². The van der Waals surface area contributed by atoms with Crippen molar-refractivity contribution in [2.24, 2.45) is 0 Å². The largest absolute Gasteiger partial charge is 0.382 e. The lowest BCUT2D eigenvalue weighted by Gasteiger charge is -2.15. The molecule has 0 spiro atoms. The first-order valence-electron chi connectivity index (χ1n) is 5.38. The molecule has 0 bridgehead atoms. The SMILES string of the molecule is O=C1NCCN1CCNc1ccc(Cl)cc1I. The fraction of sp³-hybridized carbons (Fsp3) is 0.364. The normalized spacial score (nSPS) is 14.9. The second-order valence-electron chi connectivity index (χ2n) is 3.77. The van der Waals surface area contributed by atoms with Crippen LogP contribution in [0.3, 0.4) is 0 Å². The van der Waals surface area contributed by atoms with Gasteiger partial charge in [-0.1, -0.05) is 11.6 Å². The van der Waals surface area contributed by atoms with Crippen molar-refractivity contribution in [3.63, 3.8) is 0 Å². The maximum absolute atomic E-state index is 11.3. The maximum atomic E-state index is 11.3. The number of hydrogen-bond acceptors (Lipinski definition) is 2. The second-order valence-corrected chi connectivity index (χ2v) is 5.37. The topological polar surface area (TPSA) is 44.4 Å². The zero-order chi connectivity index (χ0) is 12.3. The van der Waals surface area contributed by atoms with Gasteiger partial charge in [-0.15, -0.1) is 0 Å². The predicted octanol–water partition coefficient (Wildman–Crippen LogP) is 2.38. The number of nitrogens with zero attached hydrogens (tertiary/aromatic N) is 1. The fourth-order valence-electron chi connectivity index (χ4n) is 1.68. The number of carbonyl (C=O) groups is 1. The minimum absolute atomic E-state index is 0.0256. The number of benzene rings is 1. The lowest BCUT2D eigenvalue weighted by atomic mass is 10.3. The highest BCUT2D eigenvalue weighted by Gasteiger charge is 2.18. The highest BCUT2D eigenvalue weighted by Crippen LogP contribution is 2.21. The molecule has 1 aliphatic rings. The van der Waals surface area contributed by atoms with Crippen LogP contribution >= 0.6 is 34.2 Å². The Labute approximate surface area is 119 Å². The van der Waals surface area contributed by atoms with Crippen LogP contribution in [0.4, 0.5) is 10.5 Å². The third-order valence-electron chi connectivity index (χ3n) is 2.57. The number of rotatable bonds is 4. The van der Waals surface area contributed by atoms with Crippen LogP contribution < -0.4 is 10.6 Å². The highest BCUT2D eigenvalue weighted by atomic mass is 127. The lowest BCUT2D eigenvalue weighted by molar-refractivity contribution is 0.219. The molecule has 17 heavy (non-hydrogen) atoms. The fourth-order valence-corrected chi connectivity index (χ4v) is 2.75. The standard InChI is InChI=1S/C11H13ClIN3O/c12-8-1-2-10(9(13)7-8)14-3-5-16-6-4-15-11(16)17/h1-2,7,14H,3-6H2,(H,15,17). The van der Waals surface area contributed by atoms with Crippen LogP contribution in [0.2, 0.25) is 5.02 Å². The molecule has 2 rings (SSSR count). The summed E-state index contributed by atoms with van der Waals surface area (Å²) in [6.07, 6.45) is 0. The van der Waals surface area contributed by atoms with E-state index in [4.69, 9.17) is 11.6 Å². The number of anilines is 1. The van der Waals surface area contributed by atoms with E-state index >= 15 is 0 Å². The van der Waals surface area contributed by atoms with Crippen molar-refractivity contribution in [3.05, 3.63) is 26.8 Å². The molecule has 0 radical (unpaired) electrons. The van der Waals surface area contributed by atoms with Crippen LogP contribution in [0.5, 0.6) is 0 Å². The summed E-state index contributed by atoms with van der Waals surface area (Å²) in [5.74, 6) is 0. The number of nitrogens with one attached hydrogen (secondary N) is 2. The third-order valence-corrected chi connectivity index (χ3v) is 3.70. The molecule has 0 aliphatic carbocycles. The first-order chi connectivity index (χ1) is 8.16. The van der Waals surface area contributed by atoms with Gasteiger partial charge in [-0.3, -0.25) is 0 Å². The summed E-state index contributed by atoms with van der Waals surface area (Å²) in [5.41, 5.74) is 1.05. The summed E-state index contributed by atoms with van der Waals surface area (Å²) >= 11 is 8.12. The van der Waals surface area contributed by atoms with Crippen molar-refractivity contribution in [1.82, 2.24) is 10.2 Å². The Balaban J connectivity index is 1.83. The van der Waals surface area contributed by atoms with Gasteiger partial charge in [0.05, 0.1) is 0 Å². The molecule has 1 aromatic carbocycles. The molecule has 0 saturated carbocycles. The Morgan fingerprint density at radius 3 is 3.00 bits per heavy atom.